The molecule has 128 valence electrons. The molecule has 1 amide bonds. The van der Waals surface area contributed by atoms with Gasteiger partial charge in [-0.25, -0.2) is 4.98 Å². The Kier molecular flexibility index (Phi) is 3.56. The molecule has 1 aliphatic heterocycles. The fourth-order valence-corrected chi connectivity index (χ4v) is 4.54. The average Bonchev–Trinajstić information content (AvgIpc) is 3.16. The standard InChI is InChI=1S/C17H20F2N4O/c18-16(19)23-13-6-2-1-5-12(13)21-14(23)9-22-8-11-4-3-7-17(11,10-22)15(20)24/h1-2,5-6,11,16H,3-4,7-10H2,(H2,20,24)/t11-,17-/m0/s1. The van der Waals surface area contributed by atoms with Gasteiger partial charge in [-0.3, -0.25) is 14.3 Å². The fraction of sp³-hybridized carbons (Fsp3) is 0.529. The molecule has 2 N–H and O–H groups in total. The first-order chi connectivity index (χ1) is 11.5. The highest BCUT2D eigenvalue weighted by Crippen LogP contribution is 2.48. The van der Waals surface area contributed by atoms with Gasteiger partial charge in [0.15, 0.2) is 0 Å². The number of benzene rings is 1. The average molecular weight is 334 g/mol. The molecule has 2 heterocycles. The van der Waals surface area contributed by atoms with Crippen LogP contribution in [0.2, 0.25) is 0 Å². The minimum absolute atomic E-state index is 0.236. The zero-order valence-electron chi connectivity index (χ0n) is 13.3. The minimum Gasteiger partial charge on any atom is -0.369 e. The highest BCUT2D eigenvalue weighted by molar-refractivity contribution is 5.82. The van der Waals surface area contributed by atoms with E-state index in [1.165, 1.54) is 0 Å². The van der Waals surface area contributed by atoms with E-state index in [1.54, 1.807) is 24.3 Å². The third-order valence-electron chi connectivity index (χ3n) is 5.66. The second kappa shape index (κ2) is 5.51. The molecule has 4 rings (SSSR count). The number of carbonyl (C=O) groups excluding carboxylic acids is 1. The number of alkyl halides is 2. The molecule has 24 heavy (non-hydrogen) atoms. The van der Waals surface area contributed by atoms with Crippen LogP contribution in [-0.2, 0) is 11.3 Å². The lowest BCUT2D eigenvalue weighted by atomic mass is 9.80. The van der Waals surface area contributed by atoms with Gasteiger partial charge >= 0.3 is 6.55 Å². The number of primary amides is 1. The van der Waals surface area contributed by atoms with Crippen LogP contribution in [0.15, 0.2) is 24.3 Å². The molecule has 1 aliphatic carbocycles. The van der Waals surface area contributed by atoms with Gasteiger partial charge in [-0.15, -0.1) is 0 Å². The molecule has 0 unspecified atom stereocenters. The maximum Gasteiger partial charge on any atom is 0.320 e. The third kappa shape index (κ3) is 2.22. The Labute approximate surface area is 138 Å². The molecule has 0 spiro atoms. The summed E-state index contributed by atoms with van der Waals surface area (Å²) in [6, 6.07) is 6.91. The van der Waals surface area contributed by atoms with Crippen LogP contribution < -0.4 is 5.73 Å². The van der Waals surface area contributed by atoms with Crippen LogP contribution in [0.3, 0.4) is 0 Å². The molecule has 2 atom stereocenters. The van der Waals surface area contributed by atoms with Crippen molar-refractivity contribution in [1.29, 1.82) is 0 Å². The lowest BCUT2D eigenvalue weighted by molar-refractivity contribution is -0.128. The third-order valence-corrected chi connectivity index (χ3v) is 5.66. The normalized spacial score (nSPS) is 27.2. The van der Waals surface area contributed by atoms with Crippen molar-refractivity contribution < 1.29 is 13.6 Å². The molecule has 1 saturated heterocycles. The number of fused-ring (bicyclic) bond motifs is 2. The molecule has 2 aromatic rings. The van der Waals surface area contributed by atoms with Crippen molar-refractivity contribution >= 4 is 16.9 Å². The van der Waals surface area contributed by atoms with E-state index >= 15 is 0 Å². The molecule has 7 heteroatoms. The van der Waals surface area contributed by atoms with E-state index in [-0.39, 0.29) is 11.8 Å². The topological polar surface area (TPSA) is 64.2 Å². The summed E-state index contributed by atoms with van der Waals surface area (Å²) in [5.74, 6) is 0.319. The lowest BCUT2D eigenvalue weighted by Crippen LogP contribution is -2.40. The second-order valence-electron chi connectivity index (χ2n) is 6.94. The van der Waals surface area contributed by atoms with Crippen molar-refractivity contribution in [3.63, 3.8) is 0 Å². The smallest absolute Gasteiger partial charge is 0.320 e. The van der Waals surface area contributed by atoms with Gasteiger partial charge in [0.2, 0.25) is 5.91 Å². The van der Waals surface area contributed by atoms with E-state index < -0.39 is 12.0 Å². The number of halogens is 2. The van der Waals surface area contributed by atoms with E-state index in [1.807, 2.05) is 0 Å². The van der Waals surface area contributed by atoms with E-state index in [0.717, 1.165) is 30.4 Å². The van der Waals surface area contributed by atoms with Crippen molar-refractivity contribution in [2.75, 3.05) is 13.1 Å². The van der Waals surface area contributed by atoms with Gasteiger partial charge in [0, 0.05) is 13.1 Å². The number of carbonyl (C=O) groups is 1. The van der Waals surface area contributed by atoms with Gasteiger partial charge in [0.1, 0.15) is 5.82 Å². The van der Waals surface area contributed by atoms with E-state index in [9.17, 15) is 13.6 Å². The summed E-state index contributed by atoms with van der Waals surface area (Å²) in [7, 11) is 0. The molecule has 1 aromatic carbocycles. The molecule has 2 fully saturated rings. The number of aromatic nitrogens is 2. The number of nitrogens with two attached hydrogens (primary N) is 1. The Morgan fingerprint density at radius 3 is 2.92 bits per heavy atom. The summed E-state index contributed by atoms with van der Waals surface area (Å²) in [6.07, 6.45) is 2.79. The highest BCUT2D eigenvalue weighted by Gasteiger charge is 2.53. The maximum atomic E-state index is 13.5. The molecular formula is C17H20F2N4O. The number of hydrogen-bond donors (Lipinski definition) is 1. The quantitative estimate of drug-likeness (QED) is 0.934. The highest BCUT2D eigenvalue weighted by atomic mass is 19.3. The van der Waals surface area contributed by atoms with E-state index in [2.05, 4.69) is 9.88 Å². The van der Waals surface area contributed by atoms with E-state index in [4.69, 9.17) is 5.73 Å². The van der Waals surface area contributed by atoms with Crippen molar-refractivity contribution in [3.8, 4) is 0 Å². The fourth-order valence-electron chi connectivity index (χ4n) is 4.54. The molecule has 0 radical (unpaired) electrons. The van der Waals surface area contributed by atoms with Crippen LogP contribution in [0.4, 0.5) is 8.78 Å². The first-order valence-electron chi connectivity index (χ1n) is 8.27. The van der Waals surface area contributed by atoms with Gasteiger partial charge in [0.05, 0.1) is 23.0 Å². The Hall–Kier alpha value is -2.02. The number of hydrogen-bond acceptors (Lipinski definition) is 3. The van der Waals surface area contributed by atoms with Gasteiger partial charge in [-0.05, 0) is 30.9 Å². The summed E-state index contributed by atoms with van der Waals surface area (Å²) in [5, 5.41) is 0. The molecule has 1 aromatic heterocycles. The Morgan fingerprint density at radius 1 is 1.42 bits per heavy atom. The summed E-state index contributed by atoms with van der Waals surface area (Å²) >= 11 is 0. The first-order valence-corrected chi connectivity index (χ1v) is 8.27. The van der Waals surface area contributed by atoms with Gasteiger partial charge < -0.3 is 5.73 Å². The maximum absolute atomic E-state index is 13.5. The summed E-state index contributed by atoms with van der Waals surface area (Å²) in [5.41, 5.74) is 6.18. The van der Waals surface area contributed by atoms with Crippen molar-refractivity contribution in [2.45, 2.75) is 32.4 Å². The Balaban J connectivity index is 1.64. The minimum atomic E-state index is -2.64. The lowest BCUT2D eigenvalue weighted by Gasteiger charge is -2.24. The van der Waals surface area contributed by atoms with Crippen LogP contribution in [0.25, 0.3) is 11.0 Å². The van der Waals surface area contributed by atoms with Gasteiger partial charge in [-0.1, -0.05) is 18.6 Å². The predicted octanol–water partition coefficient (Wildman–Crippen LogP) is 2.52. The largest absolute Gasteiger partial charge is 0.369 e. The number of nitrogens with zero attached hydrogens (tertiary/aromatic N) is 3. The zero-order valence-corrected chi connectivity index (χ0v) is 13.3. The monoisotopic (exact) mass is 334 g/mol. The predicted molar refractivity (Wildman–Crippen MR) is 85.2 cm³/mol. The first kappa shape index (κ1) is 15.5. The summed E-state index contributed by atoms with van der Waals surface area (Å²) < 4.78 is 28.0. The van der Waals surface area contributed by atoms with Crippen LogP contribution in [0.5, 0.6) is 0 Å². The molecule has 2 aliphatic rings. The van der Waals surface area contributed by atoms with Crippen LogP contribution in [0, 0.1) is 11.3 Å². The Morgan fingerprint density at radius 2 is 2.21 bits per heavy atom. The SMILES string of the molecule is NC(=O)[C@]12CCC[C@H]1CN(Cc1nc3ccccc3n1C(F)F)C2. The summed E-state index contributed by atoms with van der Waals surface area (Å²) in [4.78, 5) is 18.4. The van der Waals surface area contributed by atoms with Crippen LogP contribution >= 0.6 is 0 Å². The van der Waals surface area contributed by atoms with Crippen LogP contribution in [0.1, 0.15) is 31.6 Å². The molecule has 5 nitrogen and oxygen atoms in total. The number of amides is 1. The van der Waals surface area contributed by atoms with Crippen molar-refractivity contribution in [1.82, 2.24) is 14.5 Å². The number of rotatable bonds is 4. The number of imidazole rings is 1. The van der Waals surface area contributed by atoms with E-state index in [0.29, 0.717) is 29.9 Å². The molecule has 0 bridgehead atoms. The van der Waals surface area contributed by atoms with Crippen molar-refractivity contribution in [2.24, 2.45) is 17.1 Å². The van der Waals surface area contributed by atoms with Gasteiger partial charge in [-0.2, -0.15) is 8.78 Å². The molecule has 1 saturated carbocycles. The molecular weight excluding hydrogens is 314 g/mol. The number of para-hydroxylation sites is 2. The van der Waals surface area contributed by atoms with Gasteiger partial charge in [0.25, 0.3) is 0 Å². The second-order valence-corrected chi connectivity index (χ2v) is 6.94. The zero-order chi connectivity index (χ0) is 16.9. The summed E-state index contributed by atoms with van der Waals surface area (Å²) in [6.45, 7) is -1.07. The van der Waals surface area contributed by atoms with Crippen molar-refractivity contribution in [3.05, 3.63) is 30.1 Å². The van der Waals surface area contributed by atoms with Crippen LogP contribution in [-0.4, -0.2) is 33.4 Å². The number of likely N-dealkylation sites (tertiary alicyclic amines) is 1. The Bertz CT molecular complexity index is 790.